The minimum absolute atomic E-state index is 0.212. The number of sulfonamides is 1. The van der Waals surface area contributed by atoms with Crippen LogP contribution in [0.5, 0.6) is 0 Å². The van der Waals surface area contributed by atoms with E-state index in [9.17, 15) is 22.0 Å². The number of rotatable bonds is 6. The van der Waals surface area contributed by atoms with Crippen molar-refractivity contribution in [1.29, 1.82) is 0 Å². The van der Waals surface area contributed by atoms with Crippen molar-refractivity contribution in [2.45, 2.75) is 0 Å². The average molecular weight is 434 g/mol. The van der Waals surface area contributed by atoms with Crippen molar-refractivity contribution < 1.29 is 22.0 Å². The minimum atomic E-state index is -3.68. The van der Waals surface area contributed by atoms with Crippen LogP contribution in [-0.4, -0.2) is 20.6 Å². The van der Waals surface area contributed by atoms with Crippen LogP contribution in [0, 0.1) is 11.6 Å². The number of halogens is 2. The van der Waals surface area contributed by atoms with Crippen LogP contribution < -0.4 is 10.0 Å². The number of carbonyl (C=O) groups is 1. The maximum Gasteiger partial charge on any atom is 0.257 e. The van der Waals surface area contributed by atoms with E-state index in [2.05, 4.69) is 10.0 Å². The van der Waals surface area contributed by atoms with Crippen LogP contribution in [0.3, 0.4) is 0 Å². The number of hydrogen-bond donors (Lipinski definition) is 2. The maximum absolute atomic E-state index is 13.9. The Morgan fingerprint density at radius 1 is 1.07 bits per heavy atom. The second-order valence-corrected chi connectivity index (χ2v) is 8.81. The molecule has 0 fully saturated rings. The lowest BCUT2D eigenvalue weighted by Crippen LogP contribution is -2.15. The molecule has 29 heavy (non-hydrogen) atoms. The van der Waals surface area contributed by atoms with Gasteiger partial charge in [-0.15, -0.1) is 11.3 Å². The van der Waals surface area contributed by atoms with E-state index in [-0.39, 0.29) is 17.2 Å². The van der Waals surface area contributed by atoms with Gasteiger partial charge in [0.25, 0.3) is 5.91 Å². The van der Waals surface area contributed by atoms with Crippen molar-refractivity contribution in [3.63, 3.8) is 0 Å². The summed E-state index contributed by atoms with van der Waals surface area (Å²) in [7, 11) is -3.68. The summed E-state index contributed by atoms with van der Waals surface area (Å²) >= 11 is 1.35. The molecular formula is C20H16F2N2O3S2. The van der Waals surface area contributed by atoms with Gasteiger partial charge in [-0.3, -0.25) is 9.52 Å². The average Bonchev–Trinajstić information content (AvgIpc) is 3.17. The first-order valence-electron chi connectivity index (χ1n) is 8.31. The standard InChI is InChI=1S/C20H16F2N2O3S2/c1-29(26,27)24-18-12-15(8-9-17(18)22)23-20(25)16(19-3-2-10-28-19)11-13-4-6-14(21)7-5-13/h2-12,24H,1H3,(H,23,25)/b16-11+. The largest absolute Gasteiger partial charge is 0.322 e. The summed E-state index contributed by atoms with van der Waals surface area (Å²) < 4.78 is 51.8. The topological polar surface area (TPSA) is 75.3 Å². The van der Waals surface area contributed by atoms with Gasteiger partial charge in [-0.1, -0.05) is 18.2 Å². The van der Waals surface area contributed by atoms with Gasteiger partial charge < -0.3 is 5.32 Å². The number of hydrogen-bond acceptors (Lipinski definition) is 4. The molecule has 3 rings (SSSR count). The molecule has 0 unspecified atom stereocenters. The lowest BCUT2D eigenvalue weighted by atomic mass is 10.1. The molecule has 3 aromatic rings. The normalized spacial score (nSPS) is 11.9. The molecule has 0 saturated carbocycles. The van der Waals surface area contributed by atoms with Crippen LogP contribution in [-0.2, 0) is 14.8 Å². The Balaban J connectivity index is 1.91. The van der Waals surface area contributed by atoms with E-state index in [0.717, 1.165) is 12.3 Å². The number of anilines is 2. The third-order valence-corrected chi connectivity index (χ3v) is 5.23. The molecule has 1 aromatic heterocycles. The summed E-state index contributed by atoms with van der Waals surface area (Å²) in [6.07, 6.45) is 2.51. The van der Waals surface area contributed by atoms with Crippen molar-refractivity contribution in [2.24, 2.45) is 0 Å². The molecule has 0 aliphatic carbocycles. The fraction of sp³-hybridized carbons (Fsp3) is 0.0500. The molecule has 5 nitrogen and oxygen atoms in total. The molecule has 0 atom stereocenters. The molecule has 150 valence electrons. The van der Waals surface area contributed by atoms with E-state index in [1.54, 1.807) is 30.3 Å². The molecule has 0 aliphatic heterocycles. The van der Waals surface area contributed by atoms with Crippen molar-refractivity contribution >= 4 is 50.3 Å². The second-order valence-electron chi connectivity index (χ2n) is 6.11. The summed E-state index contributed by atoms with van der Waals surface area (Å²) in [4.78, 5) is 13.6. The summed E-state index contributed by atoms with van der Waals surface area (Å²) in [5.74, 6) is -1.64. The Morgan fingerprint density at radius 2 is 1.79 bits per heavy atom. The van der Waals surface area contributed by atoms with Gasteiger partial charge >= 0.3 is 0 Å². The van der Waals surface area contributed by atoms with E-state index < -0.39 is 21.7 Å². The molecule has 0 spiro atoms. The molecule has 0 aliphatic rings. The highest BCUT2D eigenvalue weighted by Crippen LogP contribution is 2.26. The molecule has 1 heterocycles. The smallest absolute Gasteiger partial charge is 0.257 e. The molecule has 0 bridgehead atoms. The summed E-state index contributed by atoms with van der Waals surface area (Å²) in [5, 5.41) is 4.45. The SMILES string of the molecule is CS(=O)(=O)Nc1cc(NC(=O)/C(=C/c2ccc(F)cc2)c2cccs2)ccc1F. The Morgan fingerprint density at radius 3 is 2.41 bits per heavy atom. The number of thiophene rings is 1. The third kappa shape index (κ3) is 5.72. The number of nitrogens with one attached hydrogen (secondary N) is 2. The second kappa shape index (κ2) is 8.54. The number of benzene rings is 2. The highest BCUT2D eigenvalue weighted by atomic mass is 32.2. The molecule has 9 heteroatoms. The van der Waals surface area contributed by atoms with E-state index in [1.165, 1.54) is 35.6 Å². The van der Waals surface area contributed by atoms with Gasteiger partial charge in [0.05, 0.1) is 17.5 Å². The monoisotopic (exact) mass is 434 g/mol. The fourth-order valence-corrected chi connectivity index (χ4v) is 3.78. The van der Waals surface area contributed by atoms with Gasteiger partial charge in [0.2, 0.25) is 10.0 Å². The van der Waals surface area contributed by atoms with Crippen molar-refractivity contribution in [2.75, 3.05) is 16.3 Å². The first-order valence-corrected chi connectivity index (χ1v) is 11.1. The first kappa shape index (κ1) is 20.7. The zero-order chi connectivity index (χ0) is 21.0. The Hall–Kier alpha value is -3.04. The van der Waals surface area contributed by atoms with E-state index >= 15 is 0 Å². The van der Waals surface area contributed by atoms with Gasteiger partial charge in [0, 0.05) is 10.6 Å². The highest BCUT2D eigenvalue weighted by Gasteiger charge is 2.15. The molecule has 1 amide bonds. The first-order chi connectivity index (χ1) is 13.7. The van der Waals surface area contributed by atoms with Gasteiger partial charge in [-0.25, -0.2) is 17.2 Å². The lowest BCUT2D eigenvalue weighted by molar-refractivity contribution is -0.111. The Bertz CT molecular complexity index is 1160. The predicted molar refractivity (Wildman–Crippen MR) is 112 cm³/mol. The van der Waals surface area contributed by atoms with Crippen LogP contribution in [0.1, 0.15) is 10.4 Å². The van der Waals surface area contributed by atoms with E-state index in [4.69, 9.17) is 0 Å². The van der Waals surface area contributed by atoms with Gasteiger partial charge in [0.1, 0.15) is 11.6 Å². The van der Waals surface area contributed by atoms with Crippen molar-refractivity contribution in [3.05, 3.63) is 82.1 Å². The molecular weight excluding hydrogens is 418 g/mol. The number of carbonyl (C=O) groups excluding carboxylic acids is 1. The molecule has 2 N–H and O–H groups in total. The van der Waals surface area contributed by atoms with Crippen molar-refractivity contribution in [1.82, 2.24) is 0 Å². The predicted octanol–water partition coefficient (Wildman–Crippen LogP) is 4.58. The molecule has 2 aromatic carbocycles. The van der Waals surface area contributed by atoms with E-state index in [1.807, 2.05) is 5.38 Å². The van der Waals surface area contributed by atoms with Crippen LogP contribution >= 0.6 is 11.3 Å². The summed E-state index contributed by atoms with van der Waals surface area (Å²) in [6, 6.07) is 12.8. The summed E-state index contributed by atoms with van der Waals surface area (Å²) in [5.41, 5.74) is 0.895. The number of amides is 1. The Labute approximate surface area is 170 Å². The zero-order valence-electron chi connectivity index (χ0n) is 15.1. The van der Waals surface area contributed by atoms with Gasteiger partial charge in [-0.05, 0) is 53.4 Å². The maximum atomic E-state index is 13.9. The molecule has 0 radical (unpaired) electrons. The Kier molecular flexibility index (Phi) is 6.09. The highest BCUT2D eigenvalue weighted by molar-refractivity contribution is 7.92. The van der Waals surface area contributed by atoms with Crippen LogP contribution in [0.25, 0.3) is 11.6 Å². The van der Waals surface area contributed by atoms with Crippen molar-refractivity contribution in [3.8, 4) is 0 Å². The zero-order valence-corrected chi connectivity index (χ0v) is 16.8. The van der Waals surface area contributed by atoms with E-state index in [0.29, 0.717) is 16.0 Å². The van der Waals surface area contributed by atoms with Gasteiger partial charge in [0.15, 0.2) is 0 Å². The third-order valence-electron chi connectivity index (χ3n) is 3.73. The fourth-order valence-electron chi connectivity index (χ4n) is 2.49. The quantitative estimate of drug-likeness (QED) is 0.558. The van der Waals surface area contributed by atoms with Crippen LogP contribution in [0.15, 0.2) is 60.0 Å². The van der Waals surface area contributed by atoms with Gasteiger partial charge in [-0.2, -0.15) is 0 Å². The summed E-state index contributed by atoms with van der Waals surface area (Å²) in [6.45, 7) is 0. The minimum Gasteiger partial charge on any atom is -0.322 e. The van der Waals surface area contributed by atoms with Crippen LogP contribution in [0.4, 0.5) is 20.2 Å². The molecule has 0 saturated heterocycles. The lowest BCUT2D eigenvalue weighted by Gasteiger charge is -2.11. The van der Waals surface area contributed by atoms with Crippen LogP contribution in [0.2, 0.25) is 0 Å².